The van der Waals surface area contributed by atoms with Gasteiger partial charge in [-0.3, -0.25) is 0 Å². The topological polar surface area (TPSA) is 16.4 Å². The van der Waals surface area contributed by atoms with Crippen LogP contribution in [0.4, 0.5) is 17.1 Å². The first kappa shape index (κ1) is 28.4. The molecule has 10 rings (SSSR count). The second kappa shape index (κ2) is 11.5. The molecule has 2 nitrogen and oxygen atoms in total. The van der Waals surface area contributed by atoms with Crippen molar-refractivity contribution in [2.24, 2.45) is 0 Å². The lowest BCUT2D eigenvalue weighted by Gasteiger charge is -2.27. The summed E-state index contributed by atoms with van der Waals surface area (Å²) >= 11 is 0. The van der Waals surface area contributed by atoms with E-state index in [0.29, 0.717) is 0 Å². The summed E-state index contributed by atoms with van der Waals surface area (Å²) < 4.78 is 6.41. The molecule has 10 aromatic rings. The van der Waals surface area contributed by atoms with Crippen LogP contribution in [0, 0.1) is 0 Å². The largest absolute Gasteiger partial charge is 0.455 e. The molecule has 234 valence electrons. The Bertz CT molecular complexity index is 2830. The Hall–Kier alpha value is -6.64. The van der Waals surface area contributed by atoms with Gasteiger partial charge in [-0.05, 0) is 91.5 Å². The van der Waals surface area contributed by atoms with Gasteiger partial charge in [-0.25, -0.2) is 0 Å². The van der Waals surface area contributed by atoms with Crippen molar-refractivity contribution in [3.63, 3.8) is 0 Å². The molecule has 0 aliphatic heterocycles. The number of rotatable bonds is 5. The third kappa shape index (κ3) is 4.57. The van der Waals surface area contributed by atoms with Gasteiger partial charge in [-0.15, -0.1) is 0 Å². The van der Waals surface area contributed by atoms with Crippen LogP contribution in [-0.4, -0.2) is 0 Å². The van der Waals surface area contributed by atoms with E-state index in [1.165, 1.54) is 43.4 Å². The Morgan fingerprint density at radius 2 is 0.840 bits per heavy atom. The van der Waals surface area contributed by atoms with Crippen LogP contribution >= 0.6 is 0 Å². The number of anilines is 3. The van der Waals surface area contributed by atoms with Crippen LogP contribution in [0.1, 0.15) is 0 Å². The molecule has 1 heterocycles. The lowest BCUT2D eigenvalue weighted by Crippen LogP contribution is -2.10. The molecule has 0 atom stereocenters. The molecule has 0 amide bonds. The number of hydrogen-bond acceptors (Lipinski definition) is 2. The van der Waals surface area contributed by atoms with Crippen LogP contribution in [0.3, 0.4) is 0 Å². The van der Waals surface area contributed by atoms with Crippen LogP contribution in [0.2, 0.25) is 0 Å². The van der Waals surface area contributed by atoms with Gasteiger partial charge in [-0.1, -0.05) is 146 Å². The van der Waals surface area contributed by atoms with Crippen molar-refractivity contribution in [1.82, 2.24) is 0 Å². The third-order valence-electron chi connectivity index (χ3n) is 10.0. The summed E-state index contributed by atoms with van der Waals surface area (Å²) in [5.41, 5.74) is 9.70. The van der Waals surface area contributed by atoms with Gasteiger partial charge in [0, 0.05) is 33.4 Å². The van der Waals surface area contributed by atoms with Gasteiger partial charge in [0.15, 0.2) is 0 Å². The zero-order valence-corrected chi connectivity index (χ0v) is 27.3. The number of benzene rings is 9. The zero-order chi connectivity index (χ0) is 33.0. The first-order valence-corrected chi connectivity index (χ1v) is 17.1. The van der Waals surface area contributed by atoms with E-state index in [4.69, 9.17) is 4.42 Å². The molecule has 0 saturated heterocycles. The minimum Gasteiger partial charge on any atom is -0.455 e. The average Bonchev–Trinajstić information content (AvgIpc) is 3.58. The molecule has 1 aromatic heterocycles. The van der Waals surface area contributed by atoms with E-state index in [2.05, 4.69) is 181 Å². The number of para-hydroxylation sites is 2. The minimum atomic E-state index is 0.910. The highest BCUT2D eigenvalue weighted by Gasteiger charge is 2.18. The Morgan fingerprint density at radius 3 is 1.58 bits per heavy atom. The predicted octanol–water partition coefficient (Wildman–Crippen LogP) is 13.8. The second-order valence-corrected chi connectivity index (χ2v) is 12.9. The van der Waals surface area contributed by atoms with Crippen molar-refractivity contribution >= 4 is 71.3 Å². The molecule has 0 aliphatic carbocycles. The maximum absolute atomic E-state index is 6.41. The summed E-state index contributed by atoms with van der Waals surface area (Å²) in [6.45, 7) is 0. The van der Waals surface area contributed by atoms with E-state index >= 15 is 0 Å². The van der Waals surface area contributed by atoms with Crippen LogP contribution < -0.4 is 4.90 Å². The molecule has 0 saturated carbocycles. The van der Waals surface area contributed by atoms with Gasteiger partial charge in [0.1, 0.15) is 11.2 Å². The monoisotopic (exact) mass is 637 g/mol. The fraction of sp³-hybridized carbons (Fsp3) is 0. The molecule has 9 aromatic carbocycles. The molecule has 0 N–H and O–H groups in total. The van der Waals surface area contributed by atoms with Crippen LogP contribution in [0.25, 0.3) is 76.5 Å². The van der Waals surface area contributed by atoms with Crippen LogP contribution in [-0.2, 0) is 0 Å². The number of nitrogens with zero attached hydrogens (tertiary/aromatic N) is 1. The van der Waals surface area contributed by atoms with Crippen molar-refractivity contribution in [3.05, 3.63) is 188 Å². The first-order valence-electron chi connectivity index (χ1n) is 17.1. The predicted molar refractivity (Wildman–Crippen MR) is 212 cm³/mol. The lowest BCUT2D eigenvalue weighted by molar-refractivity contribution is 0.670. The van der Waals surface area contributed by atoms with Gasteiger partial charge in [0.2, 0.25) is 0 Å². The molecular formula is C48H31NO. The summed E-state index contributed by atoms with van der Waals surface area (Å²) in [6, 6.07) is 67.5. The molecule has 2 heteroatoms. The van der Waals surface area contributed by atoms with Gasteiger partial charge in [0.05, 0.1) is 0 Å². The molecule has 0 spiro atoms. The fourth-order valence-corrected chi connectivity index (χ4v) is 7.70. The summed E-state index contributed by atoms with van der Waals surface area (Å²) in [5.74, 6) is 0. The minimum absolute atomic E-state index is 0.910. The quantitative estimate of drug-likeness (QED) is 0.175. The average molecular weight is 638 g/mol. The van der Waals surface area contributed by atoms with Crippen molar-refractivity contribution in [1.29, 1.82) is 0 Å². The van der Waals surface area contributed by atoms with E-state index in [9.17, 15) is 0 Å². The third-order valence-corrected chi connectivity index (χ3v) is 10.0. The normalized spacial score (nSPS) is 11.6. The smallest absolute Gasteiger partial charge is 0.143 e. The summed E-state index contributed by atoms with van der Waals surface area (Å²) in [5, 5.41) is 9.87. The number of fused-ring (bicyclic) bond motifs is 9. The molecule has 0 bridgehead atoms. The standard InChI is InChI=1S/C48H31NO/c1-2-12-32(13-3-1)34-14-10-15-36(30-34)49(37-28-29-43-41-18-5-4-16-39(41)40-17-6-7-19-42(40)46(43)31-37)35-26-24-33(25-27-35)38-21-11-22-45-44-20-8-9-23-47(44)50-48(38)45/h1-31H. The molecule has 0 unspecified atom stereocenters. The summed E-state index contributed by atoms with van der Waals surface area (Å²) in [7, 11) is 0. The van der Waals surface area contributed by atoms with Crippen molar-refractivity contribution in [2.45, 2.75) is 0 Å². The molecule has 0 aliphatic rings. The maximum atomic E-state index is 6.41. The Kier molecular flexibility index (Phi) is 6.53. The van der Waals surface area contributed by atoms with Gasteiger partial charge in [0.25, 0.3) is 0 Å². The number of furan rings is 1. The number of hydrogen-bond donors (Lipinski definition) is 0. The van der Waals surface area contributed by atoms with E-state index in [-0.39, 0.29) is 0 Å². The van der Waals surface area contributed by atoms with Crippen molar-refractivity contribution in [2.75, 3.05) is 4.90 Å². The van der Waals surface area contributed by atoms with Crippen LogP contribution in [0.15, 0.2) is 192 Å². The second-order valence-electron chi connectivity index (χ2n) is 12.9. The Labute approximate surface area is 290 Å². The summed E-state index contributed by atoms with van der Waals surface area (Å²) in [6.07, 6.45) is 0. The van der Waals surface area contributed by atoms with Crippen molar-refractivity contribution in [3.8, 4) is 22.3 Å². The molecule has 0 radical (unpaired) electrons. The van der Waals surface area contributed by atoms with E-state index in [1.807, 2.05) is 12.1 Å². The molecule has 50 heavy (non-hydrogen) atoms. The van der Waals surface area contributed by atoms with Crippen molar-refractivity contribution < 1.29 is 4.42 Å². The van der Waals surface area contributed by atoms with Gasteiger partial charge >= 0.3 is 0 Å². The van der Waals surface area contributed by atoms with E-state index in [1.54, 1.807) is 0 Å². The first-order chi connectivity index (χ1) is 24.8. The fourth-order valence-electron chi connectivity index (χ4n) is 7.70. The molecule has 0 fully saturated rings. The summed E-state index contributed by atoms with van der Waals surface area (Å²) in [4.78, 5) is 2.38. The van der Waals surface area contributed by atoms with Gasteiger partial charge in [-0.2, -0.15) is 0 Å². The van der Waals surface area contributed by atoms with Gasteiger partial charge < -0.3 is 9.32 Å². The lowest BCUT2D eigenvalue weighted by atomic mass is 9.94. The highest BCUT2D eigenvalue weighted by molar-refractivity contribution is 6.25. The Morgan fingerprint density at radius 1 is 0.300 bits per heavy atom. The van der Waals surface area contributed by atoms with Crippen LogP contribution in [0.5, 0.6) is 0 Å². The molecular weight excluding hydrogens is 607 g/mol. The zero-order valence-electron chi connectivity index (χ0n) is 27.3. The SMILES string of the molecule is c1ccc(-c2cccc(N(c3ccc(-c4cccc5c4oc4ccccc45)cc3)c3ccc4c5ccccc5c5ccccc5c4c3)c2)cc1. The Balaban J connectivity index is 1.16. The highest BCUT2D eigenvalue weighted by atomic mass is 16.3. The maximum Gasteiger partial charge on any atom is 0.143 e. The highest BCUT2D eigenvalue weighted by Crippen LogP contribution is 2.43. The van der Waals surface area contributed by atoms with E-state index in [0.717, 1.165) is 50.1 Å². The van der Waals surface area contributed by atoms with E-state index < -0.39 is 0 Å².